The fourth-order valence-corrected chi connectivity index (χ4v) is 2.72. The van der Waals surface area contributed by atoms with Gasteiger partial charge in [0.25, 0.3) is 0 Å². The van der Waals surface area contributed by atoms with Gasteiger partial charge in [-0.3, -0.25) is 0 Å². The van der Waals surface area contributed by atoms with Gasteiger partial charge in [0.05, 0.1) is 0 Å². The Bertz CT molecular complexity index is 691. The van der Waals surface area contributed by atoms with E-state index in [-0.39, 0.29) is 6.42 Å². The van der Waals surface area contributed by atoms with E-state index >= 15 is 0 Å². The molecule has 0 unspecified atom stereocenters. The van der Waals surface area contributed by atoms with Gasteiger partial charge in [-0.25, -0.2) is 14.4 Å². The molecule has 0 saturated heterocycles. The van der Waals surface area contributed by atoms with Gasteiger partial charge in [0.1, 0.15) is 11.2 Å². The number of benzene rings is 1. The lowest BCUT2D eigenvalue weighted by atomic mass is 9.86. The average Bonchev–Trinajstić information content (AvgIpc) is 2.52. The summed E-state index contributed by atoms with van der Waals surface area (Å²) in [6.07, 6.45) is -2.92. The number of nitrogens with zero attached hydrogens (tertiary/aromatic N) is 1. The van der Waals surface area contributed by atoms with Crippen LogP contribution in [-0.4, -0.2) is 56.6 Å². The van der Waals surface area contributed by atoms with Crippen LogP contribution in [0.25, 0.3) is 0 Å². The van der Waals surface area contributed by atoms with E-state index in [0.717, 1.165) is 0 Å². The minimum Gasteiger partial charge on any atom is -0.479 e. The normalized spacial score (nSPS) is 13.9. The van der Waals surface area contributed by atoms with Gasteiger partial charge in [-0.2, -0.15) is 4.90 Å². The molecule has 1 rings (SSSR count). The highest BCUT2D eigenvalue weighted by molar-refractivity contribution is 5.96. The number of carboxylic acid groups (broad SMARTS) is 1. The Morgan fingerprint density at radius 1 is 0.897 bits per heavy atom. The van der Waals surface area contributed by atoms with Crippen molar-refractivity contribution < 1.29 is 34.1 Å². The number of ether oxygens (including phenoxy) is 2. The molecule has 0 fully saturated rings. The molecule has 2 N–H and O–H groups in total. The first-order valence-electron chi connectivity index (χ1n) is 9.36. The number of hydrogen-bond acceptors (Lipinski definition) is 6. The topological polar surface area (TPSA) is 113 Å². The number of rotatable bonds is 6. The molecule has 8 heteroatoms. The van der Waals surface area contributed by atoms with Crippen molar-refractivity contribution in [3.05, 3.63) is 35.9 Å². The summed E-state index contributed by atoms with van der Waals surface area (Å²) in [5.41, 5.74) is -3.48. The lowest BCUT2D eigenvalue weighted by Gasteiger charge is -2.39. The Labute approximate surface area is 171 Å². The number of imide groups is 1. The van der Waals surface area contributed by atoms with Crippen molar-refractivity contribution in [1.29, 1.82) is 0 Å². The van der Waals surface area contributed by atoms with E-state index in [1.165, 1.54) is 0 Å². The zero-order valence-electron chi connectivity index (χ0n) is 17.9. The number of aliphatic hydroxyl groups excluding tert-OH is 1. The molecule has 162 valence electrons. The molecule has 29 heavy (non-hydrogen) atoms. The predicted molar refractivity (Wildman–Crippen MR) is 107 cm³/mol. The van der Waals surface area contributed by atoms with Crippen LogP contribution in [0.2, 0.25) is 0 Å². The Morgan fingerprint density at radius 3 is 1.69 bits per heavy atom. The van der Waals surface area contributed by atoms with Gasteiger partial charge in [0.2, 0.25) is 0 Å². The van der Waals surface area contributed by atoms with E-state index in [0.29, 0.717) is 10.5 Å². The van der Waals surface area contributed by atoms with Gasteiger partial charge in [0.15, 0.2) is 5.54 Å². The summed E-state index contributed by atoms with van der Waals surface area (Å²) in [5, 5.41) is 19.7. The fraction of sp³-hybridized carbons (Fsp3) is 0.571. The second-order valence-corrected chi connectivity index (χ2v) is 8.77. The molecule has 0 aliphatic carbocycles. The predicted octanol–water partition coefficient (Wildman–Crippen LogP) is 3.61. The van der Waals surface area contributed by atoms with Crippen LogP contribution in [0.1, 0.15) is 53.5 Å². The van der Waals surface area contributed by atoms with E-state index in [1.807, 2.05) is 0 Å². The summed E-state index contributed by atoms with van der Waals surface area (Å²) in [6.45, 7) is 9.04. The molecule has 0 saturated carbocycles. The van der Waals surface area contributed by atoms with Crippen LogP contribution >= 0.6 is 0 Å². The van der Waals surface area contributed by atoms with E-state index in [4.69, 9.17) is 9.47 Å². The maximum Gasteiger partial charge on any atom is 0.420 e. The van der Waals surface area contributed by atoms with Gasteiger partial charge in [-0.1, -0.05) is 30.3 Å². The van der Waals surface area contributed by atoms with Crippen LogP contribution in [0.5, 0.6) is 0 Å². The number of carbonyl (C=O) groups excluding carboxylic acids is 2. The Hall–Kier alpha value is -2.61. The Morgan fingerprint density at radius 2 is 1.34 bits per heavy atom. The zero-order valence-corrected chi connectivity index (χ0v) is 17.9. The molecular weight excluding hydrogens is 378 g/mol. The molecule has 1 aromatic rings. The summed E-state index contributed by atoms with van der Waals surface area (Å²) in [4.78, 5) is 38.8. The highest BCUT2D eigenvalue weighted by atomic mass is 16.6. The second kappa shape index (κ2) is 9.26. The zero-order chi connectivity index (χ0) is 22.5. The summed E-state index contributed by atoms with van der Waals surface area (Å²) in [7, 11) is 0. The molecule has 0 aliphatic rings. The number of aliphatic carboxylic acids is 1. The van der Waals surface area contributed by atoms with Crippen molar-refractivity contribution in [2.45, 2.75) is 71.1 Å². The first-order valence-corrected chi connectivity index (χ1v) is 9.36. The quantitative estimate of drug-likeness (QED) is 0.738. The Kier molecular flexibility index (Phi) is 7.80. The van der Waals surface area contributed by atoms with Crippen LogP contribution in [0, 0.1) is 0 Å². The van der Waals surface area contributed by atoms with E-state index in [1.54, 1.807) is 71.9 Å². The van der Waals surface area contributed by atoms with Gasteiger partial charge >= 0.3 is 18.2 Å². The highest BCUT2D eigenvalue weighted by Crippen LogP contribution is 2.30. The largest absolute Gasteiger partial charge is 0.479 e. The molecule has 1 aromatic carbocycles. The molecule has 0 aliphatic heterocycles. The third-order valence-electron chi connectivity index (χ3n) is 3.84. The molecule has 2 amide bonds. The number of carbonyl (C=O) groups is 3. The molecule has 0 spiro atoms. The second-order valence-electron chi connectivity index (χ2n) is 8.77. The van der Waals surface area contributed by atoms with Crippen LogP contribution in [-0.2, 0) is 20.7 Å². The third kappa shape index (κ3) is 7.05. The fourth-order valence-electron chi connectivity index (χ4n) is 2.72. The first kappa shape index (κ1) is 24.4. The molecule has 8 nitrogen and oxygen atoms in total. The number of aliphatic hydroxyl groups is 1. The number of carboxylic acids is 1. The maximum absolute atomic E-state index is 13.0. The molecule has 0 radical (unpaired) electrons. The van der Waals surface area contributed by atoms with E-state index in [2.05, 4.69) is 0 Å². The average molecular weight is 409 g/mol. The lowest BCUT2D eigenvalue weighted by molar-refractivity contribution is -0.152. The molecule has 0 heterocycles. The van der Waals surface area contributed by atoms with Gasteiger partial charge in [-0.15, -0.1) is 0 Å². The molecule has 0 bridgehead atoms. The summed E-state index contributed by atoms with van der Waals surface area (Å²) >= 11 is 0. The Balaban J connectivity index is 3.57. The van der Waals surface area contributed by atoms with E-state index < -0.39 is 47.9 Å². The standard InChI is InChI=1S/C21H31NO7/c1-19(2,3)28-17(26)22(18(27)29-20(4,5)6)21(12-13-23,16(24)25)14-15-10-8-7-9-11-15/h7-11,23H,12-14H2,1-6H3,(H,24,25)/t21-/m1/s1. The summed E-state index contributed by atoms with van der Waals surface area (Å²) < 4.78 is 10.6. The van der Waals surface area contributed by atoms with Crippen LogP contribution < -0.4 is 0 Å². The molecular formula is C21H31NO7. The lowest BCUT2D eigenvalue weighted by Crippen LogP contribution is -2.62. The van der Waals surface area contributed by atoms with Gasteiger partial charge < -0.3 is 19.7 Å². The van der Waals surface area contributed by atoms with Crippen LogP contribution in [0.3, 0.4) is 0 Å². The highest BCUT2D eigenvalue weighted by Gasteiger charge is 2.52. The van der Waals surface area contributed by atoms with Crippen molar-refractivity contribution in [2.75, 3.05) is 6.61 Å². The van der Waals surface area contributed by atoms with Crippen molar-refractivity contribution in [3.63, 3.8) is 0 Å². The monoisotopic (exact) mass is 409 g/mol. The third-order valence-corrected chi connectivity index (χ3v) is 3.84. The smallest absolute Gasteiger partial charge is 0.420 e. The van der Waals surface area contributed by atoms with Gasteiger partial charge in [0, 0.05) is 19.4 Å². The number of hydrogen-bond donors (Lipinski definition) is 2. The van der Waals surface area contributed by atoms with Crippen LogP contribution in [0.15, 0.2) is 30.3 Å². The van der Waals surface area contributed by atoms with Gasteiger partial charge in [-0.05, 0) is 47.1 Å². The van der Waals surface area contributed by atoms with E-state index in [9.17, 15) is 24.6 Å². The first-order chi connectivity index (χ1) is 13.2. The summed E-state index contributed by atoms with van der Waals surface area (Å²) in [5.74, 6) is -1.45. The van der Waals surface area contributed by atoms with Crippen LogP contribution in [0.4, 0.5) is 9.59 Å². The van der Waals surface area contributed by atoms with Crippen molar-refractivity contribution >= 4 is 18.2 Å². The SMILES string of the molecule is CC(C)(C)OC(=O)N(C(=O)OC(C)(C)C)[C@](CCO)(Cc1ccccc1)C(=O)O. The van der Waals surface area contributed by atoms with Crippen molar-refractivity contribution in [1.82, 2.24) is 4.90 Å². The minimum absolute atomic E-state index is 0.220. The minimum atomic E-state index is -2.10. The van der Waals surface area contributed by atoms with Crippen molar-refractivity contribution in [2.24, 2.45) is 0 Å². The summed E-state index contributed by atoms with van der Waals surface area (Å²) in [6, 6.07) is 8.55. The number of amides is 2. The van der Waals surface area contributed by atoms with Crippen molar-refractivity contribution in [3.8, 4) is 0 Å². The molecule has 0 aromatic heterocycles. The maximum atomic E-state index is 13.0. The molecule has 1 atom stereocenters.